The van der Waals surface area contributed by atoms with Crippen molar-refractivity contribution in [3.05, 3.63) is 66.5 Å². The molecule has 36 heavy (non-hydrogen) atoms. The van der Waals surface area contributed by atoms with Gasteiger partial charge in [-0.1, -0.05) is 30.3 Å². The molecule has 1 amide bonds. The maximum atomic E-state index is 14.2. The van der Waals surface area contributed by atoms with E-state index >= 15 is 0 Å². The molecular formula is C28H32F2N4O2. The van der Waals surface area contributed by atoms with Gasteiger partial charge in [0.05, 0.1) is 12.3 Å². The number of nitrogens with zero attached hydrogens (tertiary/aromatic N) is 4. The van der Waals surface area contributed by atoms with Crippen molar-refractivity contribution in [3.63, 3.8) is 0 Å². The van der Waals surface area contributed by atoms with E-state index in [1.165, 1.54) is 0 Å². The number of allylic oxidation sites excluding steroid dienone is 4. The topological polar surface area (TPSA) is 58.6 Å². The SMILES string of the molecule is C[C@@]12CC[C@@H](C3CC4C(F)=CC(F)=CC43)N1C(=O)CCN(c1cc(-c3ccccc3)ncn1)CCO2.[HH]. The maximum Gasteiger partial charge on any atom is 0.226 e. The minimum Gasteiger partial charge on any atom is -0.354 e. The molecule has 0 bridgehead atoms. The van der Waals surface area contributed by atoms with Crippen molar-refractivity contribution in [1.29, 1.82) is 0 Å². The van der Waals surface area contributed by atoms with Crippen molar-refractivity contribution < 1.29 is 19.7 Å². The maximum absolute atomic E-state index is 14.2. The van der Waals surface area contributed by atoms with Crippen LogP contribution in [-0.4, -0.2) is 52.2 Å². The van der Waals surface area contributed by atoms with Gasteiger partial charge in [0.2, 0.25) is 5.91 Å². The molecule has 0 radical (unpaired) electrons. The highest BCUT2D eigenvalue weighted by Gasteiger charge is 2.56. The van der Waals surface area contributed by atoms with Gasteiger partial charge in [-0.2, -0.15) is 0 Å². The van der Waals surface area contributed by atoms with Crippen LogP contribution in [0.2, 0.25) is 0 Å². The molecule has 2 aromatic rings. The van der Waals surface area contributed by atoms with Crippen molar-refractivity contribution >= 4 is 11.7 Å². The van der Waals surface area contributed by atoms with Gasteiger partial charge < -0.3 is 14.5 Å². The van der Waals surface area contributed by atoms with E-state index in [-0.39, 0.29) is 37.0 Å². The summed E-state index contributed by atoms with van der Waals surface area (Å²) < 4.78 is 34.6. The summed E-state index contributed by atoms with van der Waals surface area (Å²) in [6.07, 6.45) is 6.55. The molecular weight excluding hydrogens is 462 g/mol. The van der Waals surface area contributed by atoms with Crippen LogP contribution in [0, 0.1) is 17.8 Å². The second-order valence-corrected chi connectivity index (χ2v) is 10.4. The largest absolute Gasteiger partial charge is 0.354 e. The third kappa shape index (κ3) is 4.01. The summed E-state index contributed by atoms with van der Waals surface area (Å²) in [7, 11) is 0. The number of rotatable bonds is 3. The van der Waals surface area contributed by atoms with Crippen molar-refractivity contribution in [2.24, 2.45) is 17.8 Å². The molecule has 1 aromatic heterocycles. The molecule has 2 saturated heterocycles. The number of aromatic nitrogens is 2. The number of carbonyl (C=O) groups excluding carboxylic acids is 1. The Morgan fingerprint density at radius 3 is 2.83 bits per heavy atom. The number of anilines is 1. The highest BCUT2D eigenvalue weighted by atomic mass is 19.1. The molecule has 190 valence electrons. The minimum absolute atomic E-state index is 0. The zero-order valence-electron chi connectivity index (χ0n) is 20.3. The zero-order chi connectivity index (χ0) is 24.9. The fraction of sp³-hybridized carbons (Fsp3) is 0.464. The van der Waals surface area contributed by atoms with Crippen LogP contribution in [0.4, 0.5) is 14.6 Å². The third-order valence-electron chi connectivity index (χ3n) is 8.39. The fourth-order valence-corrected chi connectivity index (χ4v) is 6.50. The third-order valence-corrected chi connectivity index (χ3v) is 8.39. The Bertz CT molecular complexity index is 1230. The number of hydrogen-bond acceptors (Lipinski definition) is 5. The zero-order valence-corrected chi connectivity index (χ0v) is 20.3. The van der Waals surface area contributed by atoms with Gasteiger partial charge in [-0.3, -0.25) is 4.79 Å². The molecule has 6 rings (SSSR count). The van der Waals surface area contributed by atoms with E-state index in [0.717, 1.165) is 29.6 Å². The average molecular weight is 495 g/mol. The molecule has 1 aromatic carbocycles. The normalized spacial score (nSPS) is 32.4. The van der Waals surface area contributed by atoms with Crippen LogP contribution >= 0.6 is 0 Å². The molecule has 0 N–H and O–H groups in total. The Balaban J connectivity index is 0.00000280. The van der Waals surface area contributed by atoms with Crippen LogP contribution in [0.3, 0.4) is 0 Å². The molecule has 5 atom stereocenters. The molecule has 2 aliphatic heterocycles. The number of halogens is 2. The molecule has 3 unspecified atom stereocenters. The number of hydrogen-bond donors (Lipinski definition) is 0. The van der Waals surface area contributed by atoms with Gasteiger partial charge >= 0.3 is 0 Å². The van der Waals surface area contributed by atoms with E-state index < -0.39 is 11.6 Å². The summed E-state index contributed by atoms with van der Waals surface area (Å²) >= 11 is 0. The van der Waals surface area contributed by atoms with E-state index in [1.54, 1.807) is 12.4 Å². The Morgan fingerprint density at radius 1 is 1.17 bits per heavy atom. The lowest BCUT2D eigenvalue weighted by Gasteiger charge is -2.50. The first kappa shape index (κ1) is 23.3. The first-order chi connectivity index (χ1) is 17.4. The van der Waals surface area contributed by atoms with Crippen LogP contribution in [0.15, 0.2) is 66.5 Å². The number of fused-ring (bicyclic) bond motifs is 2. The molecule has 8 heteroatoms. The average Bonchev–Trinajstić information content (AvgIpc) is 3.22. The van der Waals surface area contributed by atoms with Gasteiger partial charge in [-0.05, 0) is 44.1 Å². The van der Waals surface area contributed by atoms with Crippen LogP contribution in [-0.2, 0) is 9.53 Å². The molecule has 0 spiro atoms. The Labute approximate surface area is 211 Å². The van der Waals surface area contributed by atoms with E-state index in [4.69, 9.17) is 4.74 Å². The fourth-order valence-electron chi connectivity index (χ4n) is 6.50. The van der Waals surface area contributed by atoms with Gasteiger partial charge in [-0.15, -0.1) is 0 Å². The molecule has 3 fully saturated rings. The monoisotopic (exact) mass is 494 g/mol. The van der Waals surface area contributed by atoms with Gasteiger partial charge in [0.1, 0.15) is 29.5 Å². The smallest absolute Gasteiger partial charge is 0.226 e. The lowest BCUT2D eigenvalue weighted by atomic mass is 9.59. The highest BCUT2D eigenvalue weighted by Crippen LogP contribution is 2.55. The molecule has 4 aliphatic rings. The Hall–Kier alpha value is -3.13. The van der Waals surface area contributed by atoms with E-state index in [1.807, 2.05) is 48.2 Å². The quantitative estimate of drug-likeness (QED) is 0.580. The summed E-state index contributed by atoms with van der Waals surface area (Å²) in [5.74, 6) is -0.527. The van der Waals surface area contributed by atoms with E-state index in [2.05, 4.69) is 14.9 Å². The van der Waals surface area contributed by atoms with Crippen molar-refractivity contribution in [2.75, 3.05) is 24.6 Å². The second kappa shape index (κ2) is 9.07. The molecule has 2 aliphatic carbocycles. The predicted molar refractivity (Wildman–Crippen MR) is 134 cm³/mol. The number of ether oxygens (including phenoxy) is 1. The van der Waals surface area contributed by atoms with E-state index in [0.29, 0.717) is 39.0 Å². The minimum atomic E-state index is -0.713. The van der Waals surface area contributed by atoms with Gasteiger partial charge in [0, 0.05) is 50.6 Å². The summed E-state index contributed by atoms with van der Waals surface area (Å²) in [6, 6.07) is 11.8. The lowest BCUT2D eigenvalue weighted by Crippen LogP contribution is -2.56. The standard InChI is InChI=1S/C28H30F2N4O2.H2/c1-28-9-7-25(22-15-21-20(22)13-19(29)14-23(21)30)34(28)27(35)8-10-33(11-12-36-28)26-16-24(31-17-32-26)18-5-3-2-4-6-18;/h2-6,13-14,16-17,20-22,25H,7-12,15H2,1H3;1H/t20?,21?,22?,25-,28+;/m0./s1. The molecule has 1 saturated carbocycles. The Kier molecular flexibility index (Phi) is 5.86. The summed E-state index contributed by atoms with van der Waals surface area (Å²) in [4.78, 5) is 26.5. The van der Waals surface area contributed by atoms with Crippen LogP contribution < -0.4 is 4.90 Å². The van der Waals surface area contributed by atoms with Gasteiger partial charge in [0.25, 0.3) is 0 Å². The van der Waals surface area contributed by atoms with E-state index in [9.17, 15) is 13.6 Å². The van der Waals surface area contributed by atoms with Crippen molar-refractivity contribution in [3.8, 4) is 11.3 Å². The number of carbonyl (C=O) groups is 1. The number of benzene rings is 1. The van der Waals surface area contributed by atoms with Crippen LogP contribution in [0.1, 0.15) is 34.0 Å². The second-order valence-electron chi connectivity index (χ2n) is 10.4. The summed E-state index contributed by atoms with van der Waals surface area (Å²) in [6.45, 7) is 3.53. The van der Waals surface area contributed by atoms with Crippen LogP contribution in [0.5, 0.6) is 0 Å². The van der Waals surface area contributed by atoms with Gasteiger partial charge in [-0.25, -0.2) is 18.7 Å². The number of amides is 1. The first-order valence-corrected chi connectivity index (χ1v) is 12.8. The molecule has 3 heterocycles. The van der Waals surface area contributed by atoms with Crippen LogP contribution in [0.25, 0.3) is 11.3 Å². The predicted octanol–water partition coefficient (Wildman–Crippen LogP) is 5.30. The first-order valence-electron chi connectivity index (χ1n) is 12.8. The lowest BCUT2D eigenvalue weighted by molar-refractivity contribution is -0.170. The van der Waals surface area contributed by atoms with Crippen molar-refractivity contribution in [2.45, 2.75) is 44.4 Å². The molecule has 6 nitrogen and oxygen atoms in total. The summed E-state index contributed by atoms with van der Waals surface area (Å²) in [5, 5.41) is 0. The summed E-state index contributed by atoms with van der Waals surface area (Å²) in [5.41, 5.74) is 1.12. The van der Waals surface area contributed by atoms with Crippen molar-refractivity contribution in [1.82, 2.24) is 14.9 Å². The highest BCUT2D eigenvalue weighted by molar-refractivity contribution is 5.78. The van der Waals surface area contributed by atoms with Gasteiger partial charge in [0.15, 0.2) is 0 Å². The Morgan fingerprint density at radius 2 is 2.00 bits per heavy atom.